The van der Waals surface area contributed by atoms with Crippen molar-refractivity contribution in [2.24, 2.45) is 0 Å². The molecule has 1 aliphatic rings. The van der Waals surface area contributed by atoms with Crippen LogP contribution >= 0.6 is 0 Å². The SMILES string of the molecule is O=C1CC(=Cc2cccc(F)c2)C(=O)O1. The van der Waals surface area contributed by atoms with E-state index < -0.39 is 11.9 Å². The Kier molecular flexibility index (Phi) is 2.33. The number of esters is 2. The van der Waals surface area contributed by atoms with Gasteiger partial charge in [-0.25, -0.2) is 9.18 Å². The predicted molar refractivity (Wildman–Crippen MR) is 50.1 cm³/mol. The zero-order chi connectivity index (χ0) is 10.8. The maximum absolute atomic E-state index is 12.8. The van der Waals surface area contributed by atoms with Gasteiger partial charge in [-0.15, -0.1) is 0 Å². The third kappa shape index (κ3) is 2.10. The third-order valence-corrected chi connectivity index (χ3v) is 1.99. The van der Waals surface area contributed by atoms with Gasteiger partial charge in [0.1, 0.15) is 5.82 Å². The Labute approximate surface area is 85.2 Å². The number of halogens is 1. The monoisotopic (exact) mass is 206 g/mol. The van der Waals surface area contributed by atoms with Gasteiger partial charge in [-0.05, 0) is 23.8 Å². The first-order valence-electron chi connectivity index (χ1n) is 4.36. The second-order valence-corrected chi connectivity index (χ2v) is 3.16. The molecule has 0 amide bonds. The molecule has 1 heterocycles. The quantitative estimate of drug-likeness (QED) is 0.399. The van der Waals surface area contributed by atoms with Crippen molar-refractivity contribution in [3.63, 3.8) is 0 Å². The number of hydrogen-bond donors (Lipinski definition) is 0. The van der Waals surface area contributed by atoms with Crippen LogP contribution < -0.4 is 0 Å². The Morgan fingerprint density at radius 3 is 2.73 bits per heavy atom. The summed E-state index contributed by atoms with van der Waals surface area (Å²) in [6.45, 7) is 0. The van der Waals surface area contributed by atoms with E-state index in [2.05, 4.69) is 4.74 Å². The molecule has 1 fully saturated rings. The van der Waals surface area contributed by atoms with Crippen LogP contribution in [-0.2, 0) is 14.3 Å². The van der Waals surface area contributed by atoms with Crippen LogP contribution in [0.1, 0.15) is 12.0 Å². The summed E-state index contributed by atoms with van der Waals surface area (Å²) in [5.41, 5.74) is 0.794. The molecule has 0 unspecified atom stereocenters. The second-order valence-electron chi connectivity index (χ2n) is 3.16. The maximum atomic E-state index is 12.8. The van der Waals surface area contributed by atoms with Crippen molar-refractivity contribution in [2.75, 3.05) is 0 Å². The van der Waals surface area contributed by atoms with E-state index in [9.17, 15) is 14.0 Å². The normalized spacial score (nSPS) is 18.3. The lowest BCUT2D eigenvalue weighted by molar-refractivity contribution is -0.151. The molecule has 1 aromatic carbocycles. The van der Waals surface area contributed by atoms with Crippen molar-refractivity contribution < 1.29 is 18.7 Å². The Hall–Kier alpha value is -1.97. The Morgan fingerprint density at radius 2 is 2.13 bits per heavy atom. The number of carbonyl (C=O) groups is 2. The lowest BCUT2D eigenvalue weighted by Gasteiger charge is -1.94. The molecule has 0 bridgehead atoms. The number of carbonyl (C=O) groups excluding carboxylic acids is 2. The van der Waals surface area contributed by atoms with Gasteiger partial charge in [-0.3, -0.25) is 4.79 Å². The minimum atomic E-state index is -0.649. The van der Waals surface area contributed by atoms with E-state index in [-0.39, 0.29) is 17.8 Å². The molecule has 1 aliphatic heterocycles. The van der Waals surface area contributed by atoms with Gasteiger partial charge in [0.2, 0.25) is 0 Å². The fourth-order valence-electron chi connectivity index (χ4n) is 1.34. The van der Waals surface area contributed by atoms with E-state index in [1.807, 2.05) is 0 Å². The van der Waals surface area contributed by atoms with Gasteiger partial charge in [0.15, 0.2) is 0 Å². The molecule has 4 heteroatoms. The first-order chi connectivity index (χ1) is 7.15. The zero-order valence-corrected chi connectivity index (χ0v) is 7.70. The summed E-state index contributed by atoms with van der Waals surface area (Å²) < 4.78 is 17.1. The number of benzene rings is 1. The minimum absolute atomic E-state index is 0.0463. The first-order valence-corrected chi connectivity index (χ1v) is 4.36. The van der Waals surface area contributed by atoms with Crippen molar-refractivity contribution in [1.82, 2.24) is 0 Å². The molecule has 15 heavy (non-hydrogen) atoms. The van der Waals surface area contributed by atoms with Crippen molar-refractivity contribution in [2.45, 2.75) is 6.42 Å². The highest BCUT2D eigenvalue weighted by molar-refractivity contribution is 6.08. The number of rotatable bonds is 1. The summed E-state index contributed by atoms with van der Waals surface area (Å²) in [6.07, 6.45) is 1.41. The van der Waals surface area contributed by atoms with E-state index in [0.717, 1.165) is 0 Å². The van der Waals surface area contributed by atoms with Gasteiger partial charge in [0, 0.05) is 5.57 Å². The van der Waals surface area contributed by atoms with Crippen LogP contribution in [0.3, 0.4) is 0 Å². The number of hydrogen-bond acceptors (Lipinski definition) is 3. The van der Waals surface area contributed by atoms with Crippen LogP contribution in [-0.4, -0.2) is 11.9 Å². The van der Waals surface area contributed by atoms with E-state index in [0.29, 0.717) is 5.56 Å². The molecule has 2 rings (SSSR count). The van der Waals surface area contributed by atoms with Crippen LogP contribution in [0.25, 0.3) is 6.08 Å². The smallest absolute Gasteiger partial charge is 0.342 e. The Morgan fingerprint density at radius 1 is 1.33 bits per heavy atom. The highest BCUT2D eigenvalue weighted by Gasteiger charge is 2.26. The average molecular weight is 206 g/mol. The van der Waals surface area contributed by atoms with E-state index in [1.54, 1.807) is 6.07 Å². The molecule has 76 valence electrons. The average Bonchev–Trinajstić information content (AvgIpc) is 2.45. The molecular weight excluding hydrogens is 199 g/mol. The van der Waals surface area contributed by atoms with Gasteiger partial charge in [-0.1, -0.05) is 12.1 Å². The van der Waals surface area contributed by atoms with Gasteiger partial charge >= 0.3 is 11.9 Å². The van der Waals surface area contributed by atoms with Crippen molar-refractivity contribution in [1.29, 1.82) is 0 Å². The molecule has 0 aliphatic carbocycles. The Bertz CT molecular complexity index is 463. The highest BCUT2D eigenvalue weighted by atomic mass is 19.1. The molecule has 0 radical (unpaired) electrons. The minimum Gasteiger partial charge on any atom is -0.389 e. The molecule has 0 aromatic heterocycles. The maximum Gasteiger partial charge on any atom is 0.342 e. The molecule has 0 N–H and O–H groups in total. The highest BCUT2D eigenvalue weighted by Crippen LogP contribution is 2.18. The standard InChI is InChI=1S/C11H7FO3/c12-9-3-1-2-7(5-9)4-8-6-10(13)15-11(8)14/h1-5H,6H2. The molecular formula is C11H7FO3. The van der Waals surface area contributed by atoms with E-state index in [1.165, 1.54) is 24.3 Å². The summed E-state index contributed by atoms with van der Waals surface area (Å²) in [7, 11) is 0. The fourth-order valence-corrected chi connectivity index (χ4v) is 1.34. The van der Waals surface area contributed by atoms with Crippen molar-refractivity contribution in [3.8, 4) is 0 Å². The summed E-state index contributed by atoms with van der Waals surface area (Å²) in [4.78, 5) is 21.8. The third-order valence-electron chi connectivity index (χ3n) is 1.99. The van der Waals surface area contributed by atoms with Crippen LogP contribution in [0.15, 0.2) is 29.8 Å². The summed E-state index contributed by atoms with van der Waals surface area (Å²) in [6, 6.07) is 5.76. The first kappa shape index (κ1) is 9.58. The largest absolute Gasteiger partial charge is 0.389 e. The van der Waals surface area contributed by atoms with E-state index >= 15 is 0 Å². The van der Waals surface area contributed by atoms with Gasteiger partial charge in [-0.2, -0.15) is 0 Å². The summed E-state index contributed by atoms with van der Waals surface area (Å²) in [5, 5.41) is 0. The second kappa shape index (κ2) is 3.65. The molecule has 1 saturated heterocycles. The zero-order valence-electron chi connectivity index (χ0n) is 7.70. The predicted octanol–water partition coefficient (Wildman–Crippen LogP) is 1.68. The number of ether oxygens (including phenoxy) is 1. The summed E-state index contributed by atoms with van der Waals surface area (Å²) >= 11 is 0. The summed E-state index contributed by atoms with van der Waals surface area (Å²) in [5.74, 6) is -1.60. The van der Waals surface area contributed by atoms with Crippen LogP contribution in [0.5, 0.6) is 0 Å². The van der Waals surface area contributed by atoms with Crippen molar-refractivity contribution in [3.05, 3.63) is 41.2 Å². The Balaban J connectivity index is 2.31. The lowest BCUT2D eigenvalue weighted by atomic mass is 10.1. The van der Waals surface area contributed by atoms with Gasteiger partial charge in [0.25, 0.3) is 0 Å². The lowest BCUT2D eigenvalue weighted by Crippen LogP contribution is -1.96. The van der Waals surface area contributed by atoms with Crippen LogP contribution in [0.4, 0.5) is 4.39 Å². The van der Waals surface area contributed by atoms with Crippen LogP contribution in [0.2, 0.25) is 0 Å². The molecule has 3 nitrogen and oxygen atoms in total. The molecule has 0 saturated carbocycles. The van der Waals surface area contributed by atoms with Crippen molar-refractivity contribution >= 4 is 18.0 Å². The molecule has 1 aromatic rings. The molecule has 0 spiro atoms. The van der Waals surface area contributed by atoms with Crippen LogP contribution in [0, 0.1) is 5.82 Å². The molecule has 0 atom stereocenters. The fraction of sp³-hybridized carbons (Fsp3) is 0.0909. The van der Waals surface area contributed by atoms with Gasteiger partial charge in [0.05, 0.1) is 6.42 Å². The van der Waals surface area contributed by atoms with E-state index in [4.69, 9.17) is 0 Å². The van der Waals surface area contributed by atoms with Gasteiger partial charge < -0.3 is 4.74 Å². The topological polar surface area (TPSA) is 43.4 Å². The number of cyclic esters (lactones) is 2.